The predicted molar refractivity (Wildman–Crippen MR) is 113 cm³/mol. The number of amides is 2. The fourth-order valence-corrected chi connectivity index (χ4v) is 2.55. The lowest BCUT2D eigenvalue weighted by Gasteiger charge is -2.10. The first-order chi connectivity index (χ1) is 13.1. The van der Waals surface area contributed by atoms with Crippen molar-refractivity contribution in [2.45, 2.75) is 6.42 Å². The maximum Gasteiger partial charge on any atom is 0.243 e. The van der Waals surface area contributed by atoms with E-state index in [0.29, 0.717) is 22.8 Å². The van der Waals surface area contributed by atoms with Gasteiger partial charge >= 0.3 is 0 Å². The second-order valence-corrected chi connectivity index (χ2v) is 6.54. The van der Waals surface area contributed by atoms with Crippen molar-refractivity contribution < 1.29 is 9.59 Å². The number of nitrogens with one attached hydrogen (secondary N) is 4. The Balaban J connectivity index is 1.60. The van der Waals surface area contributed by atoms with Gasteiger partial charge in [-0.3, -0.25) is 20.4 Å². The van der Waals surface area contributed by atoms with Crippen LogP contribution in [0.1, 0.15) is 17.5 Å². The minimum atomic E-state index is -0.462. The monoisotopic (exact) mass is 400 g/mol. The highest BCUT2D eigenvalue weighted by Gasteiger charge is 2.09. The summed E-state index contributed by atoms with van der Waals surface area (Å²) in [5.74, 6) is -0.924. The van der Waals surface area contributed by atoms with Crippen molar-refractivity contribution in [2.75, 3.05) is 13.1 Å². The molecule has 27 heavy (non-hydrogen) atoms. The minimum absolute atomic E-state index is 0.302. The number of carbonyl (C=O) groups is 2. The molecule has 0 heterocycles. The largest absolute Gasteiger partial charge is 0.291 e. The van der Waals surface area contributed by atoms with Gasteiger partial charge in [0.1, 0.15) is 6.42 Å². The van der Waals surface area contributed by atoms with E-state index >= 15 is 0 Å². The molecule has 2 aromatic carbocycles. The predicted octanol–water partition coefficient (Wildman–Crippen LogP) is 1.45. The van der Waals surface area contributed by atoms with E-state index < -0.39 is 11.8 Å². The summed E-state index contributed by atoms with van der Waals surface area (Å²) < 4.78 is 0. The van der Waals surface area contributed by atoms with E-state index in [2.05, 4.69) is 21.7 Å². The van der Waals surface area contributed by atoms with Gasteiger partial charge < -0.3 is 0 Å². The third-order valence-corrected chi connectivity index (χ3v) is 4.23. The van der Waals surface area contributed by atoms with Gasteiger partial charge in [0.2, 0.25) is 11.8 Å². The molecule has 0 atom stereocenters. The summed E-state index contributed by atoms with van der Waals surface area (Å²) in [6, 6.07) is 18.9. The van der Waals surface area contributed by atoms with Crippen LogP contribution in [0.5, 0.6) is 0 Å². The van der Waals surface area contributed by atoms with Gasteiger partial charge in [-0.1, -0.05) is 85.1 Å². The molecule has 0 saturated heterocycles. The molecule has 0 radical (unpaired) electrons. The number of hydrazine groups is 2. The van der Waals surface area contributed by atoms with Crippen LogP contribution >= 0.6 is 24.4 Å². The summed E-state index contributed by atoms with van der Waals surface area (Å²) in [6.07, 6.45) is -0.323. The molecule has 0 spiro atoms. The third-order valence-electron chi connectivity index (χ3n) is 3.47. The van der Waals surface area contributed by atoms with E-state index in [0.717, 1.165) is 11.1 Å². The van der Waals surface area contributed by atoms with Gasteiger partial charge in [-0.2, -0.15) is 0 Å². The lowest BCUT2D eigenvalue weighted by molar-refractivity contribution is -0.130. The maximum absolute atomic E-state index is 11.8. The maximum atomic E-state index is 11.8. The molecule has 6 nitrogen and oxygen atoms in total. The van der Waals surface area contributed by atoms with Crippen LogP contribution in [-0.2, 0) is 9.59 Å². The highest BCUT2D eigenvalue weighted by molar-refractivity contribution is 7.81. The number of hydrogen-bond donors (Lipinski definition) is 4. The van der Waals surface area contributed by atoms with E-state index in [1.807, 2.05) is 60.7 Å². The topological polar surface area (TPSA) is 82.3 Å². The molecule has 8 heteroatoms. The average molecular weight is 401 g/mol. The normalized spacial score (nSPS) is 10.1. The van der Waals surface area contributed by atoms with Crippen LogP contribution in [0.4, 0.5) is 0 Å². The Labute approximate surface area is 168 Å². The van der Waals surface area contributed by atoms with E-state index in [1.54, 1.807) is 0 Å². The van der Waals surface area contributed by atoms with Crippen LogP contribution in [-0.4, -0.2) is 34.6 Å². The van der Waals surface area contributed by atoms with Crippen LogP contribution in [0.25, 0.3) is 0 Å². The number of thiocarbonyl (C=S) groups is 2. The summed E-state index contributed by atoms with van der Waals surface area (Å²) >= 11 is 10.5. The van der Waals surface area contributed by atoms with E-state index in [4.69, 9.17) is 24.4 Å². The van der Waals surface area contributed by atoms with Crippen molar-refractivity contribution in [3.05, 3.63) is 71.8 Å². The van der Waals surface area contributed by atoms with Crippen molar-refractivity contribution in [1.82, 2.24) is 21.7 Å². The number of rotatable bonds is 10. The van der Waals surface area contributed by atoms with Crippen molar-refractivity contribution in [3.8, 4) is 0 Å². The molecule has 0 aliphatic rings. The lowest BCUT2D eigenvalue weighted by atomic mass is 10.1. The highest BCUT2D eigenvalue weighted by atomic mass is 32.1. The third kappa shape index (κ3) is 7.71. The highest BCUT2D eigenvalue weighted by Crippen LogP contribution is 2.01. The van der Waals surface area contributed by atoms with Gasteiger partial charge in [0.05, 0.1) is 13.1 Å². The molecular formula is C19H20N4O2S2. The zero-order valence-electron chi connectivity index (χ0n) is 14.5. The van der Waals surface area contributed by atoms with E-state index in [-0.39, 0.29) is 6.42 Å². The molecule has 0 aromatic heterocycles. The fraction of sp³-hybridized carbons (Fsp3) is 0.158. The van der Waals surface area contributed by atoms with Crippen molar-refractivity contribution in [2.24, 2.45) is 0 Å². The lowest BCUT2D eigenvalue weighted by Crippen LogP contribution is -2.45. The number of carbonyl (C=O) groups excluding carboxylic acids is 2. The molecule has 0 aliphatic heterocycles. The number of hydrogen-bond acceptors (Lipinski definition) is 6. The zero-order chi connectivity index (χ0) is 19.5. The average Bonchev–Trinajstić information content (AvgIpc) is 2.69. The SMILES string of the molecule is O=C(CC(=O)NNCC(=S)c1ccccc1)NNCC(=S)c1ccccc1. The van der Waals surface area contributed by atoms with Crippen LogP contribution in [0.3, 0.4) is 0 Å². The Hall–Kier alpha value is -2.52. The van der Waals surface area contributed by atoms with Gasteiger partial charge in [-0.25, -0.2) is 10.9 Å². The smallest absolute Gasteiger partial charge is 0.243 e. The van der Waals surface area contributed by atoms with Crippen LogP contribution in [0.15, 0.2) is 60.7 Å². The Morgan fingerprint density at radius 2 is 1.04 bits per heavy atom. The summed E-state index contributed by atoms with van der Waals surface area (Å²) in [7, 11) is 0. The van der Waals surface area contributed by atoms with Gasteiger partial charge in [-0.15, -0.1) is 0 Å². The molecule has 140 valence electrons. The second kappa shape index (κ2) is 11.2. The van der Waals surface area contributed by atoms with Gasteiger partial charge in [0.15, 0.2) is 0 Å². The second-order valence-electron chi connectivity index (χ2n) is 5.56. The molecule has 2 aromatic rings. The summed E-state index contributed by atoms with van der Waals surface area (Å²) in [5, 5.41) is 0. The van der Waals surface area contributed by atoms with Crippen LogP contribution < -0.4 is 21.7 Å². The van der Waals surface area contributed by atoms with Gasteiger partial charge in [0.25, 0.3) is 0 Å². The summed E-state index contributed by atoms with van der Waals surface area (Å²) in [6.45, 7) is 0.604. The first kappa shape index (κ1) is 20.8. The van der Waals surface area contributed by atoms with Crippen molar-refractivity contribution >= 4 is 46.0 Å². The molecule has 2 rings (SSSR count). The van der Waals surface area contributed by atoms with Crippen molar-refractivity contribution in [1.29, 1.82) is 0 Å². The Kier molecular flexibility index (Phi) is 8.66. The standard InChI is InChI=1S/C19H20N4O2S2/c24-18(22-20-12-16(26)14-7-3-1-4-8-14)11-19(25)23-21-13-17(27)15-9-5-2-6-10-15/h1-10,20-21H,11-13H2,(H,22,24)(H,23,25). The van der Waals surface area contributed by atoms with Crippen molar-refractivity contribution in [3.63, 3.8) is 0 Å². The summed E-state index contributed by atoms with van der Waals surface area (Å²) in [5.41, 5.74) is 12.2. The zero-order valence-corrected chi connectivity index (χ0v) is 16.2. The minimum Gasteiger partial charge on any atom is -0.291 e. The Bertz CT molecular complexity index is 730. The molecule has 2 amide bonds. The van der Waals surface area contributed by atoms with Crippen LogP contribution in [0, 0.1) is 0 Å². The molecule has 0 unspecified atom stereocenters. The molecular weight excluding hydrogens is 380 g/mol. The molecule has 0 bridgehead atoms. The first-order valence-corrected chi connectivity index (χ1v) is 9.08. The molecule has 0 aliphatic carbocycles. The Morgan fingerprint density at radius 3 is 1.41 bits per heavy atom. The first-order valence-electron chi connectivity index (χ1n) is 8.26. The van der Waals surface area contributed by atoms with E-state index in [9.17, 15) is 9.59 Å². The van der Waals surface area contributed by atoms with Gasteiger partial charge in [-0.05, 0) is 11.1 Å². The van der Waals surface area contributed by atoms with E-state index in [1.165, 1.54) is 0 Å². The molecule has 0 fully saturated rings. The summed E-state index contributed by atoms with van der Waals surface area (Å²) in [4.78, 5) is 24.8. The quantitative estimate of drug-likeness (QED) is 0.209. The fourth-order valence-electron chi connectivity index (χ4n) is 2.13. The van der Waals surface area contributed by atoms with Gasteiger partial charge in [0, 0.05) is 9.73 Å². The molecule has 0 saturated carbocycles. The molecule has 4 N–H and O–H groups in total. The van der Waals surface area contributed by atoms with Crippen LogP contribution in [0.2, 0.25) is 0 Å². The Morgan fingerprint density at radius 1 is 0.667 bits per heavy atom. The number of benzene rings is 2.